The molecule has 1 aromatic heterocycles. The Morgan fingerprint density at radius 1 is 1.45 bits per heavy atom. The number of carbonyl (C=O) groups excluding carboxylic acids is 1. The number of esters is 1. The SMILES string of the molecule is COC(=O)c1sc(N(C)Cc2ccc(OC)c(O)c2)nc1Cl. The number of halogens is 1. The molecule has 0 spiro atoms. The summed E-state index contributed by atoms with van der Waals surface area (Å²) in [6, 6.07) is 5.14. The number of aromatic nitrogens is 1. The molecule has 0 fully saturated rings. The lowest BCUT2D eigenvalue weighted by Gasteiger charge is -2.16. The summed E-state index contributed by atoms with van der Waals surface area (Å²) in [6.07, 6.45) is 0. The number of phenolic OH excluding ortho intramolecular Hbond substituents is 1. The van der Waals surface area contributed by atoms with Gasteiger partial charge in [0.25, 0.3) is 0 Å². The van der Waals surface area contributed by atoms with E-state index in [0.29, 0.717) is 17.4 Å². The van der Waals surface area contributed by atoms with Crippen molar-refractivity contribution in [2.45, 2.75) is 6.54 Å². The Balaban J connectivity index is 2.17. The Morgan fingerprint density at radius 2 is 2.18 bits per heavy atom. The van der Waals surface area contributed by atoms with E-state index in [1.54, 1.807) is 12.1 Å². The van der Waals surface area contributed by atoms with Gasteiger partial charge in [-0.15, -0.1) is 0 Å². The van der Waals surface area contributed by atoms with Crippen molar-refractivity contribution in [3.63, 3.8) is 0 Å². The summed E-state index contributed by atoms with van der Waals surface area (Å²) in [7, 11) is 4.60. The first kappa shape index (κ1) is 16.4. The van der Waals surface area contributed by atoms with Crippen molar-refractivity contribution in [2.24, 2.45) is 0 Å². The lowest BCUT2D eigenvalue weighted by molar-refractivity contribution is 0.0606. The van der Waals surface area contributed by atoms with E-state index in [0.717, 1.165) is 16.9 Å². The molecule has 2 rings (SSSR count). The molecule has 118 valence electrons. The number of hydrogen-bond acceptors (Lipinski definition) is 7. The zero-order chi connectivity index (χ0) is 16.3. The molecular formula is C14H15ClN2O4S. The highest BCUT2D eigenvalue weighted by Gasteiger charge is 2.19. The number of anilines is 1. The van der Waals surface area contributed by atoms with Gasteiger partial charge >= 0.3 is 5.97 Å². The Kier molecular flexibility index (Phi) is 5.10. The smallest absolute Gasteiger partial charge is 0.351 e. The van der Waals surface area contributed by atoms with Crippen molar-refractivity contribution in [3.05, 3.63) is 33.8 Å². The van der Waals surface area contributed by atoms with E-state index >= 15 is 0 Å². The van der Waals surface area contributed by atoms with Crippen LogP contribution in [0.4, 0.5) is 5.13 Å². The van der Waals surface area contributed by atoms with Gasteiger partial charge in [-0.1, -0.05) is 29.0 Å². The van der Waals surface area contributed by atoms with E-state index in [1.165, 1.54) is 14.2 Å². The maximum Gasteiger partial charge on any atom is 0.351 e. The van der Waals surface area contributed by atoms with Crippen LogP contribution in [0.5, 0.6) is 11.5 Å². The molecule has 1 aromatic carbocycles. The normalized spacial score (nSPS) is 10.4. The first-order chi connectivity index (χ1) is 10.5. The Morgan fingerprint density at radius 3 is 2.77 bits per heavy atom. The van der Waals surface area contributed by atoms with E-state index in [2.05, 4.69) is 9.72 Å². The Bertz CT molecular complexity index is 689. The molecule has 22 heavy (non-hydrogen) atoms. The molecule has 2 aromatic rings. The third-order valence-corrected chi connectivity index (χ3v) is 4.47. The quantitative estimate of drug-likeness (QED) is 0.842. The Hall–Kier alpha value is -1.99. The molecule has 0 aliphatic heterocycles. The fraction of sp³-hybridized carbons (Fsp3) is 0.286. The molecule has 0 aliphatic carbocycles. The largest absolute Gasteiger partial charge is 0.504 e. The number of carbonyl (C=O) groups is 1. The topological polar surface area (TPSA) is 71.9 Å². The molecular weight excluding hydrogens is 328 g/mol. The van der Waals surface area contributed by atoms with Crippen LogP contribution in [0.3, 0.4) is 0 Å². The molecule has 0 unspecified atom stereocenters. The molecule has 6 nitrogen and oxygen atoms in total. The third-order valence-electron chi connectivity index (χ3n) is 2.93. The summed E-state index contributed by atoms with van der Waals surface area (Å²) in [6.45, 7) is 0.488. The maximum atomic E-state index is 11.5. The predicted molar refractivity (Wildman–Crippen MR) is 85.2 cm³/mol. The molecule has 0 atom stereocenters. The van der Waals surface area contributed by atoms with Gasteiger partial charge in [-0.2, -0.15) is 0 Å². The molecule has 1 heterocycles. The zero-order valence-corrected chi connectivity index (χ0v) is 13.9. The van der Waals surface area contributed by atoms with Crippen LogP contribution in [-0.4, -0.2) is 37.3 Å². The van der Waals surface area contributed by atoms with Crippen molar-refractivity contribution in [1.29, 1.82) is 0 Å². The number of methoxy groups -OCH3 is 2. The number of nitrogens with zero attached hydrogens (tertiary/aromatic N) is 2. The highest BCUT2D eigenvalue weighted by Crippen LogP contribution is 2.31. The summed E-state index contributed by atoms with van der Waals surface area (Å²) in [5.74, 6) is -0.0262. The second-order valence-electron chi connectivity index (χ2n) is 4.47. The van der Waals surface area contributed by atoms with E-state index in [9.17, 15) is 9.90 Å². The molecule has 0 radical (unpaired) electrons. The Labute approximate surface area is 136 Å². The molecule has 0 amide bonds. The van der Waals surface area contributed by atoms with Crippen LogP contribution in [-0.2, 0) is 11.3 Å². The van der Waals surface area contributed by atoms with Gasteiger partial charge < -0.3 is 19.5 Å². The minimum absolute atomic E-state index is 0.0702. The molecule has 0 saturated heterocycles. The molecule has 0 bridgehead atoms. The molecule has 0 aliphatic rings. The highest BCUT2D eigenvalue weighted by atomic mass is 35.5. The fourth-order valence-electron chi connectivity index (χ4n) is 1.85. The number of thiazole rings is 1. The maximum absolute atomic E-state index is 11.5. The number of hydrogen-bond donors (Lipinski definition) is 1. The van der Waals surface area contributed by atoms with E-state index < -0.39 is 5.97 Å². The van der Waals surface area contributed by atoms with E-state index in [4.69, 9.17) is 16.3 Å². The lowest BCUT2D eigenvalue weighted by Crippen LogP contribution is -2.15. The van der Waals surface area contributed by atoms with Gasteiger partial charge in [0.15, 0.2) is 26.7 Å². The number of aromatic hydroxyl groups is 1. The van der Waals surface area contributed by atoms with Gasteiger partial charge in [-0.05, 0) is 17.7 Å². The standard InChI is InChI=1S/C14H15ClN2O4S/c1-17(7-8-4-5-10(20-2)9(18)6-8)14-16-12(15)11(22-14)13(19)21-3/h4-6,18H,7H2,1-3H3. The minimum atomic E-state index is -0.510. The summed E-state index contributed by atoms with van der Waals surface area (Å²) >= 11 is 7.10. The zero-order valence-electron chi connectivity index (χ0n) is 12.3. The van der Waals surface area contributed by atoms with Crippen molar-refractivity contribution >= 4 is 34.0 Å². The minimum Gasteiger partial charge on any atom is -0.504 e. The molecule has 0 saturated carbocycles. The average molecular weight is 343 g/mol. The van der Waals surface area contributed by atoms with Crippen LogP contribution in [0.2, 0.25) is 5.15 Å². The first-order valence-corrected chi connectivity index (χ1v) is 7.47. The van der Waals surface area contributed by atoms with Crippen LogP contribution >= 0.6 is 22.9 Å². The van der Waals surface area contributed by atoms with Crippen LogP contribution < -0.4 is 9.64 Å². The van der Waals surface area contributed by atoms with Gasteiger partial charge in [-0.25, -0.2) is 9.78 Å². The second-order valence-corrected chi connectivity index (χ2v) is 5.81. The van der Waals surface area contributed by atoms with Gasteiger partial charge in [0, 0.05) is 13.6 Å². The second kappa shape index (κ2) is 6.85. The lowest BCUT2D eigenvalue weighted by atomic mass is 10.2. The number of rotatable bonds is 5. The van der Waals surface area contributed by atoms with Gasteiger partial charge in [0.05, 0.1) is 14.2 Å². The molecule has 1 N–H and O–H groups in total. The van der Waals surface area contributed by atoms with Crippen LogP contribution in [0.15, 0.2) is 18.2 Å². The predicted octanol–water partition coefficient (Wildman–Crippen LogP) is 2.93. The van der Waals surface area contributed by atoms with Crippen LogP contribution in [0.25, 0.3) is 0 Å². The van der Waals surface area contributed by atoms with Crippen LogP contribution in [0, 0.1) is 0 Å². The molecule has 8 heteroatoms. The van der Waals surface area contributed by atoms with Crippen molar-refractivity contribution in [3.8, 4) is 11.5 Å². The average Bonchev–Trinajstić information content (AvgIpc) is 2.89. The summed E-state index contributed by atoms with van der Waals surface area (Å²) in [5, 5.41) is 10.5. The van der Waals surface area contributed by atoms with Gasteiger partial charge in [0.2, 0.25) is 0 Å². The van der Waals surface area contributed by atoms with E-state index in [1.807, 2.05) is 18.0 Å². The summed E-state index contributed by atoms with van der Waals surface area (Å²) in [5.41, 5.74) is 0.867. The van der Waals surface area contributed by atoms with Crippen molar-refractivity contribution in [1.82, 2.24) is 4.98 Å². The summed E-state index contributed by atoms with van der Waals surface area (Å²) < 4.78 is 9.66. The van der Waals surface area contributed by atoms with Crippen LogP contribution in [0.1, 0.15) is 15.2 Å². The van der Waals surface area contributed by atoms with Crippen molar-refractivity contribution in [2.75, 3.05) is 26.2 Å². The number of ether oxygens (including phenoxy) is 2. The highest BCUT2D eigenvalue weighted by molar-refractivity contribution is 7.18. The monoisotopic (exact) mass is 342 g/mol. The first-order valence-electron chi connectivity index (χ1n) is 6.28. The number of benzene rings is 1. The van der Waals surface area contributed by atoms with Gasteiger partial charge in [-0.3, -0.25) is 0 Å². The third kappa shape index (κ3) is 3.42. The number of phenols is 1. The summed E-state index contributed by atoms with van der Waals surface area (Å²) in [4.78, 5) is 17.8. The van der Waals surface area contributed by atoms with Crippen molar-refractivity contribution < 1.29 is 19.4 Å². The van der Waals surface area contributed by atoms with Gasteiger partial charge in [0.1, 0.15) is 0 Å². The fourth-order valence-corrected chi connectivity index (χ4v) is 3.01. The van der Waals surface area contributed by atoms with E-state index in [-0.39, 0.29) is 15.8 Å².